The molecular weight excluding hydrogens is 336 g/mol. The zero-order valence-electron chi connectivity index (χ0n) is 14.3. The number of hydrogen-bond acceptors (Lipinski definition) is 4. The minimum absolute atomic E-state index is 0.0608. The van der Waals surface area contributed by atoms with Crippen molar-refractivity contribution < 1.29 is 8.42 Å². The van der Waals surface area contributed by atoms with Crippen LogP contribution >= 0.6 is 0 Å². The summed E-state index contributed by atoms with van der Waals surface area (Å²) >= 11 is 0. The highest BCUT2D eigenvalue weighted by Crippen LogP contribution is 2.25. The van der Waals surface area contributed by atoms with Crippen molar-refractivity contribution in [2.75, 3.05) is 11.5 Å². The Balaban J connectivity index is 1.47. The predicted molar refractivity (Wildman–Crippen MR) is 97.4 cm³/mol. The number of hydrogen-bond donors (Lipinski definition) is 1. The molecule has 1 aliphatic heterocycles. The summed E-state index contributed by atoms with van der Waals surface area (Å²) in [5.74, 6) is 2.06. The molecule has 1 aliphatic rings. The van der Waals surface area contributed by atoms with Crippen LogP contribution in [0.25, 0.3) is 10.9 Å². The first kappa shape index (κ1) is 16.3. The number of rotatable bonds is 5. The molecule has 3 aromatic rings. The lowest BCUT2D eigenvalue weighted by molar-refractivity contribution is 0.472. The highest BCUT2D eigenvalue weighted by atomic mass is 32.2. The normalized spacial score (nSPS) is 19.6. The highest BCUT2D eigenvalue weighted by molar-refractivity contribution is 7.91. The average Bonchev–Trinajstić information content (AvgIpc) is 3.25. The minimum Gasteiger partial charge on any atom is -0.361 e. The maximum atomic E-state index is 11.8. The smallest absolute Gasteiger partial charge is 0.152 e. The standard InChI is InChI=1S/C18H22N4O2S/c1-13-20-18(22(21-13)15-9-10-25(23,24)12-15)8-4-5-14-11-19-17-7-3-2-6-16(14)17/h2-3,6-7,11,15,19H,4-5,8-10,12H2,1H3/t15-/m1/s1. The van der Waals surface area contributed by atoms with Crippen LogP contribution in [-0.4, -0.2) is 39.7 Å². The number of nitrogens with zero attached hydrogens (tertiary/aromatic N) is 3. The van der Waals surface area contributed by atoms with Gasteiger partial charge in [0.1, 0.15) is 11.6 Å². The third kappa shape index (κ3) is 3.33. The molecule has 1 aromatic carbocycles. The van der Waals surface area contributed by atoms with E-state index in [2.05, 4.69) is 39.5 Å². The molecule has 4 rings (SSSR count). The van der Waals surface area contributed by atoms with Gasteiger partial charge in [-0.25, -0.2) is 18.1 Å². The van der Waals surface area contributed by atoms with Gasteiger partial charge in [0.2, 0.25) is 0 Å². The van der Waals surface area contributed by atoms with Gasteiger partial charge in [0.25, 0.3) is 0 Å². The summed E-state index contributed by atoms with van der Waals surface area (Å²) in [5, 5.41) is 5.72. The van der Waals surface area contributed by atoms with E-state index < -0.39 is 9.84 Å². The SMILES string of the molecule is Cc1nc(CCCc2c[nH]c3ccccc23)n([C@@H]2CCS(=O)(=O)C2)n1. The molecular formula is C18H22N4O2S. The fourth-order valence-corrected chi connectivity index (χ4v) is 5.37. The molecule has 1 saturated heterocycles. The van der Waals surface area contributed by atoms with Crippen LogP contribution in [-0.2, 0) is 22.7 Å². The van der Waals surface area contributed by atoms with Crippen LogP contribution in [0.5, 0.6) is 0 Å². The molecule has 0 aliphatic carbocycles. The zero-order chi connectivity index (χ0) is 17.4. The number of sulfone groups is 1. The summed E-state index contributed by atoms with van der Waals surface area (Å²) in [6.07, 6.45) is 5.43. The van der Waals surface area contributed by atoms with Gasteiger partial charge >= 0.3 is 0 Å². The second kappa shape index (κ2) is 6.29. The number of nitrogens with one attached hydrogen (secondary N) is 1. The molecule has 7 heteroatoms. The maximum Gasteiger partial charge on any atom is 0.152 e. The molecule has 1 N–H and O–H groups in total. The molecule has 0 amide bonds. The molecule has 0 unspecified atom stereocenters. The molecule has 3 heterocycles. The van der Waals surface area contributed by atoms with E-state index in [1.807, 2.05) is 17.7 Å². The monoisotopic (exact) mass is 358 g/mol. The average molecular weight is 358 g/mol. The van der Waals surface area contributed by atoms with Crippen LogP contribution in [0, 0.1) is 6.92 Å². The molecule has 0 bridgehead atoms. The Kier molecular flexibility index (Phi) is 4.11. The van der Waals surface area contributed by atoms with E-state index in [1.54, 1.807) is 0 Å². The van der Waals surface area contributed by atoms with Gasteiger partial charge in [-0.2, -0.15) is 5.10 Å². The largest absolute Gasteiger partial charge is 0.361 e. The lowest BCUT2D eigenvalue weighted by Gasteiger charge is -2.11. The zero-order valence-corrected chi connectivity index (χ0v) is 15.1. The number of fused-ring (bicyclic) bond motifs is 1. The Morgan fingerprint density at radius 3 is 2.92 bits per heavy atom. The van der Waals surface area contributed by atoms with Crippen molar-refractivity contribution in [2.24, 2.45) is 0 Å². The van der Waals surface area contributed by atoms with Gasteiger partial charge in [-0.1, -0.05) is 18.2 Å². The second-order valence-electron chi connectivity index (χ2n) is 6.79. The van der Waals surface area contributed by atoms with Crippen LogP contribution in [0.15, 0.2) is 30.5 Å². The van der Waals surface area contributed by atoms with Crippen LogP contribution < -0.4 is 0 Å². The van der Waals surface area contributed by atoms with Gasteiger partial charge in [0, 0.05) is 23.5 Å². The Morgan fingerprint density at radius 1 is 1.28 bits per heavy atom. The first-order valence-electron chi connectivity index (χ1n) is 8.69. The van der Waals surface area contributed by atoms with E-state index in [0.29, 0.717) is 12.2 Å². The maximum absolute atomic E-state index is 11.8. The second-order valence-corrected chi connectivity index (χ2v) is 9.02. The van der Waals surface area contributed by atoms with Gasteiger partial charge in [0.15, 0.2) is 9.84 Å². The summed E-state index contributed by atoms with van der Waals surface area (Å²) in [6, 6.07) is 8.24. The molecule has 0 saturated carbocycles. The van der Waals surface area contributed by atoms with Gasteiger partial charge in [-0.15, -0.1) is 0 Å². The van der Waals surface area contributed by atoms with E-state index >= 15 is 0 Å². The lowest BCUT2D eigenvalue weighted by atomic mass is 10.1. The number of H-pyrrole nitrogens is 1. The molecule has 0 radical (unpaired) electrons. The van der Waals surface area contributed by atoms with Crippen LogP contribution in [0.4, 0.5) is 0 Å². The lowest BCUT2D eigenvalue weighted by Crippen LogP contribution is -2.15. The number of benzene rings is 1. The van der Waals surface area contributed by atoms with Crippen molar-refractivity contribution in [1.82, 2.24) is 19.7 Å². The van der Waals surface area contributed by atoms with E-state index in [-0.39, 0.29) is 17.5 Å². The van der Waals surface area contributed by atoms with Crippen LogP contribution in [0.3, 0.4) is 0 Å². The molecule has 132 valence electrons. The topological polar surface area (TPSA) is 80.6 Å². The van der Waals surface area contributed by atoms with Gasteiger partial charge < -0.3 is 4.98 Å². The van der Waals surface area contributed by atoms with Crippen molar-refractivity contribution in [3.63, 3.8) is 0 Å². The van der Waals surface area contributed by atoms with Crippen molar-refractivity contribution in [2.45, 2.75) is 38.6 Å². The fourth-order valence-electron chi connectivity index (χ4n) is 3.68. The summed E-state index contributed by atoms with van der Waals surface area (Å²) in [5.41, 5.74) is 2.47. The first-order valence-corrected chi connectivity index (χ1v) is 10.5. The molecule has 6 nitrogen and oxygen atoms in total. The number of aromatic nitrogens is 4. The number of aromatic amines is 1. The summed E-state index contributed by atoms with van der Waals surface area (Å²) in [7, 11) is -2.92. The predicted octanol–water partition coefficient (Wildman–Crippen LogP) is 2.60. The molecule has 25 heavy (non-hydrogen) atoms. The van der Waals surface area contributed by atoms with Crippen molar-refractivity contribution in [1.29, 1.82) is 0 Å². The first-order chi connectivity index (χ1) is 12.0. The third-order valence-electron chi connectivity index (χ3n) is 4.88. The van der Waals surface area contributed by atoms with Crippen LogP contribution in [0.1, 0.15) is 36.1 Å². The summed E-state index contributed by atoms with van der Waals surface area (Å²) < 4.78 is 25.4. The molecule has 1 fully saturated rings. The molecule has 2 aromatic heterocycles. The summed E-state index contributed by atoms with van der Waals surface area (Å²) in [4.78, 5) is 7.84. The molecule has 1 atom stereocenters. The van der Waals surface area contributed by atoms with E-state index in [0.717, 1.165) is 30.6 Å². The van der Waals surface area contributed by atoms with Gasteiger partial charge in [-0.05, 0) is 37.8 Å². The van der Waals surface area contributed by atoms with Crippen molar-refractivity contribution in [3.05, 3.63) is 47.7 Å². The highest BCUT2D eigenvalue weighted by Gasteiger charge is 2.31. The summed E-state index contributed by atoms with van der Waals surface area (Å²) in [6.45, 7) is 1.86. The fraction of sp³-hybridized carbons (Fsp3) is 0.444. The van der Waals surface area contributed by atoms with E-state index in [9.17, 15) is 8.42 Å². The van der Waals surface area contributed by atoms with E-state index in [1.165, 1.54) is 10.9 Å². The third-order valence-corrected chi connectivity index (χ3v) is 6.63. The Morgan fingerprint density at radius 2 is 2.12 bits per heavy atom. The Bertz CT molecular complexity index is 1000. The molecule has 0 spiro atoms. The quantitative estimate of drug-likeness (QED) is 0.760. The van der Waals surface area contributed by atoms with E-state index in [4.69, 9.17) is 0 Å². The Labute approximate surface area is 147 Å². The number of aryl methyl sites for hydroxylation is 3. The van der Waals surface area contributed by atoms with Gasteiger partial charge in [-0.3, -0.25) is 0 Å². The van der Waals surface area contributed by atoms with Gasteiger partial charge in [0.05, 0.1) is 17.5 Å². The number of para-hydroxylation sites is 1. The van der Waals surface area contributed by atoms with Crippen LogP contribution in [0.2, 0.25) is 0 Å². The van der Waals surface area contributed by atoms with Crippen molar-refractivity contribution >= 4 is 20.7 Å². The minimum atomic E-state index is -2.92. The Hall–Kier alpha value is -2.15. The van der Waals surface area contributed by atoms with Crippen molar-refractivity contribution in [3.8, 4) is 0 Å².